The van der Waals surface area contributed by atoms with Gasteiger partial charge in [-0.15, -0.1) is 0 Å². The van der Waals surface area contributed by atoms with Crippen LogP contribution in [0.2, 0.25) is 0 Å². The number of likely N-dealkylation sites (N-methyl/N-ethyl adjacent to an activating group) is 1. The number of nitrogens with one attached hydrogen (secondary N) is 1. The van der Waals surface area contributed by atoms with E-state index in [1.165, 1.54) is 5.56 Å². The Morgan fingerprint density at radius 3 is 2.52 bits per heavy atom. The van der Waals surface area contributed by atoms with Gasteiger partial charge in [-0.2, -0.15) is 0 Å². The number of benzene rings is 1. The van der Waals surface area contributed by atoms with Gasteiger partial charge in [-0.05, 0) is 37.6 Å². The molecule has 1 heterocycles. The molecule has 2 aromatic rings. The minimum absolute atomic E-state index is 0.0292. The Bertz CT molecular complexity index is 610. The van der Waals surface area contributed by atoms with Crippen molar-refractivity contribution in [2.75, 3.05) is 7.05 Å². The van der Waals surface area contributed by atoms with Gasteiger partial charge >= 0.3 is 0 Å². The van der Waals surface area contributed by atoms with Crippen molar-refractivity contribution in [2.45, 2.75) is 39.4 Å². The zero-order valence-corrected chi connectivity index (χ0v) is 14.1. The summed E-state index contributed by atoms with van der Waals surface area (Å²) in [6.07, 6.45) is 2.89. The average molecular weight is 311 g/mol. The summed E-state index contributed by atoms with van der Waals surface area (Å²) in [6, 6.07) is 13.9. The van der Waals surface area contributed by atoms with Gasteiger partial charge in [0.15, 0.2) is 0 Å². The van der Waals surface area contributed by atoms with Crippen molar-refractivity contribution in [1.82, 2.24) is 15.2 Å². The van der Waals surface area contributed by atoms with E-state index in [0.29, 0.717) is 13.1 Å². The van der Waals surface area contributed by atoms with Crippen molar-refractivity contribution in [3.05, 3.63) is 65.5 Å². The van der Waals surface area contributed by atoms with Gasteiger partial charge in [0.2, 0.25) is 5.91 Å². The summed E-state index contributed by atoms with van der Waals surface area (Å²) in [4.78, 5) is 18.7. The summed E-state index contributed by atoms with van der Waals surface area (Å²) in [6.45, 7) is 5.24. The Balaban J connectivity index is 1.85. The predicted molar refractivity (Wildman–Crippen MR) is 92.8 cm³/mol. The van der Waals surface area contributed by atoms with Crippen LogP contribution >= 0.6 is 0 Å². The van der Waals surface area contributed by atoms with Crippen LogP contribution in [0.15, 0.2) is 48.7 Å². The summed E-state index contributed by atoms with van der Waals surface area (Å²) in [5, 5.41) is 2.98. The van der Waals surface area contributed by atoms with E-state index in [1.54, 1.807) is 0 Å². The molecule has 4 nitrogen and oxygen atoms in total. The molecule has 1 atom stereocenters. The molecule has 0 radical (unpaired) electrons. The minimum Gasteiger partial charge on any atom is -0.351 e. The topological polar surface area (TPSA) is 45.2 Å². The van der Waals surface area contributed by atoms with E-state index in [1.807, 2.05) is 61.5 Å². The number of hydrogen-bond acceptors (Lipinski definition) is 3. The fraction of sp³-hybridized carbons (Fsp3) is 0.368. The van der Waals surface area contributed by atoms with Gasteiger partial charge in [-0.1, -0.05) is 43.3 Å². The molecule has 0 bridgehead atoms. The van der Waals surface area contributed by atoms with Gasteiger partial charge in [-0.25, -0.2) is 0 Å². The zero-order valence-electron chi connectivity index (χ0n) is 14.1. The number of aryl methyl sites for hydroxylation is 1. The second-order valence-electron chi connectivity index (χ2n) is 5.81. The van der Waals surface area contributed by atoms with Gasteiger partial charge in [0.1, 0.15) is 0 Å². The zero-order chi connectivity index (χ0) is 16.7. The standard InChI is InChI=1S/C19H25N3O/c1-4-16-10-11-18(20-12-16)14-22(3)15(2)19(23)21-13-17-8-6-5-7-9-17/h5-12,15H,4,13-14H2,1-3H3,(H,21,23). The molecule has 0 spiro atoms. The number of pyridine rings is 1. The first kappa shape index (κ1) is 17.2. The fourth-order valence-corrected chi connectivity index (χ4v) is 2.28. The van der Waals surface area contributed by atoms with E-state index < -0.39 is 0 Å². The molecule has 122 valence electrons. The van der Waals surface area contributed by atoms with Gasteiger partial charge in [0, 0.05) is 19.3 Å². The van der Waals surface area contributed by atoms with E-state index in [-0.39, 0.29) is 11.9 Å². The normalized spacial score (nSPS) is 12.2. The first-order chi connectivity index (χ1) is 11.1. The SMILES string of the molecule is CCc1ccc(CN(C)C(C)C(=O)NCc2ccccc2)nc1. The van der Waals surface area contributed by atoms with E-state index in [2.05, 4.69) is 23.3 Å². The number of rotatable bonds is 7. The molecular formula is C19H25N3O. The summed E-state index contributed by atoms with van der Waals surface area (Å²) in [7, 11) is 1.95. The largest absolute Gasteiger partial charge is 0.351 e. The van der Waals surface area contributed by atoms with Crippen LogP contribution < -0.4 is 5.32 Å². The van der Waals surface area contributed by atoms with Crippen LogP contribution in [0.5, 0.6) is 0 Å². The highest BCUT2D eigenvalue weighted by Crippen LogP contribution is 2.07. The van der Waals surface area contributed by atoms with Crippen molar-refractivity contribution in [3.8, 4) is 0 Å². The molecule has 2 rings (SSSR count). The number of nitrogens with zero attached hydrogens (tertiary/aromatic N) is 2. The third-order valence-corrected chi connectivity index (χ3v) is 4.06. The molecule has 1 unspecified atom stereocenters. The van der Waals surface area contributed by atoms with Crippen LogP contribution in [0.3, 0.4) is 0 Å². The molecule has 0 aliphatic carbocycles. The molecule has 0 aliphatic heterocycles. The van der Waals surface area contributed by atoms with Gasteiger partial charge in [0.25, 0.3) is 0 Å². The monoisotopic (exact) mass is 311 g/mol. The van der Waals surface area contributed by atoms with Crippen LogP contribution in [-0.2, 0) is 24.3 Å². The van der Waals surface area contributed by atoms with Crippen LogP contribution in [0, 0.1) is 0 Å². The molecule has 4 heteroatoms. The molecule has 1 amide bonds. The Morgan fingerprint density at radius 1 is 1.17 bits per heavy atom. The lowest BCUT2D eigenvalue weighted by atomic mass is 10.2. The molecule has 0 saturated carbocycles. The minimum atomic E-state index is -0.202. The quantitative estimate of drug-likeness (QED) is 0.855. The van der Waals surface area contributed by atoms with Crippen molar-refractivity contribution in [3.63, 3.8) is 0 Å². The van der Waals surface area contributed by atoms with Crippen molar-refractivity contribution < 1.29 is 4.79 Å². The van der Waals surface area contributed by atoms with E-state index >= 15 is 0 Å². The predicted octanol–water partition coefficient (Wildman–Crippen LogP) is 2.78. The summed E-state index contributed by atoms with van der Waals surface area (Å²) >= 11 is 0. The van der Waals surface area contributed by atoms with Crippen molar-refractivity contribution >= 4 is 5.91 Å². The third-order valence-electron chi connectivity index (χ3n) is 4.06. The first-order valence-electron chi connectivity index (χ1n) is 8.05. The van der Waals surface area contributed by atoms with E-state index in [0.717, 1.165) is 17.7 Å². The highest BCUT2D eigenvalue weighted by atomic mass is 16.2. The number of amides is 1. The molecule has 23 heavy (non-hydrogen) atoms. The van der Waals surface area contributed by atoms with E-state index in [9.17, 15) is 4.79 Å². The van der Waals surface area contributed by atoms with Crippen LogP contribution in [0.1, 0.15) is 30.7 Å². The summed E-state index contributed by atoms with van der Waals surface area (Å²) < 4.78 is 0. The molecule has 1 N–H and O–H groups in total. The van der Waals surface area contributed by atoms with Gasteiger partial charge in [0.05, 0.1) is 11.7 Å². The highest BCUT2D eigenvalue weighted by molar-refractivity contribution is 5.81. The maximum absolute atomic E-state index is 12.3. The second-order valence-corrected chi connectivity index (χ2v) is 5.81. The molecule has 0 aliphatic rings. The van der Waals surface area contributed by atoms with Crippen molar-refractivity contribution in [1.29, 1.82) is 0 Å². The summed E-state index contributed by atoms with van der Waals surface area (Å²) in [5.41, 5.74) is 3.31. The molecular weight excluding hydrogens is 286 g/mol. The lowest BCUT2D eigenvalue weighted by molar-refractivity contribution is -0.125. The number of carbonyl (C=O) groups is 1. The lowest BCUT2D eigenvalue weighted by Gasteiger charge is -2.23. The van der Waals surface area contributed by atoms with Crippen molar-refractivity contribution in [2.24, 2.45) is 0 Å². The molecule has 0 saturated heterocycles. The number of hydrogen-bond donors (Lipinski definition) is 1. The molecule has 0 fully saturated rings. The molecule has 1 aromatic carbocycles. The Morgan fingerprint density at radius 2 is 1.91 bits per heavy atom. The maximum Gasteiger partial charge on any atom is 0.237 e. The third kappa shape index (κ3) is 5.18. The highest BCUT2D eigenvalue weighted by Gasteiger charge is 2.18. The Labute approximate surface area is 138 Å². The first-order valence-corrected chi connectivity index (χ1v) is 8.05. The fourth-order valence-electron chi connectivity index (χ4n) is 2.28. The van der Waals surface area contributed by atoms with Crippen LogP contribution in [0.25, 0.3) is 0 Å². The smallest absolute Gasteiger partial charge is 0.237 e. The van der Waals surface area contributed by atoms with Crippen LogP contribution in [0.4, 0.5) is 0 Å². The Kier molecular flexibility index (Phi) is 6.29. The number of aromatic nitrogens is 1. The van der Waals surface area contributed by atoms with E-state index in [4.69, 9.17) is 0 Å². The lowest BCUT2D eigenvalue weighted by Crippen LogP contribution is -2.42. The summed E-state index contributed by atoms with van der Waals surface area (Å²) in [5.74, 6) is 0.0292. The van der Waals surface area contributed by atoms with Gasteiger partial charge < -0.3 is 5.32 Å². The Hall–Kier alpha value is -2.20. The van der Waals surface area contributed by atoms with Gasteiger partial charge in [-0.3, -0.25) is 14.7 Å². The maximum atomic E-state index is 12.3. The molecule has 1 aromatic heterocycles. The average Bonchev–Trinajstić information content (AvgIpc) is 2.60. The van der Waals surface area contributed by atoms with Crippen LogP contribution in [-0.4, -0.2) is 28.9 Å². The number of carbonyl (C=O) groups excluding carboxylic acids is 1. The second kappa shape index (κ2) is 8.44.